The molecule has 2 unspecified atom stereocenters. The van der Waals surface area contributed by atoms with Crippen LogP contribution in [-0.2, 0) is 5.54 Å². The molecule has 2 atom stereocenters. The Hall–Kier alpha value is -2.26. The molecule has 4 rings (SSSR count). The van der Waals surface area contributed by atoms with E-state index in [0.29, 0.717) is 0 Å². The second-order valence-electron chi connectivity index (χ2n) is 6.00. The summed E-state index contributed by atoms with van der Waals surface area (Å²) < 4.78 is 0. The Balaban J connectivity index is 1.91. The van der Waals surface area contributed by atoms with Crippen LogP contribution in [0.1, 0.15) is 27.5 Å². The smallest absolute Gasteiger partial charge is 0.149 e. The Morgan fingerprint density at radius 2 is 1.74 bits per heavy atom. The van der Waals surface area contributed by atoms with Crippen LogP contribution in [0.25, 0.3) is 0 Å². The lowest BCUT2D eigenvalue weighted by Gasteiger charge is -2.31. The molecule has 114 valence electrons. The highest BCUT2D eigenvalue weighted by Gasteiger charge is 2.47. The van der Waals surface area contributed by atoms with E-state index >= 15 is 0 Å². The summed E-state index contributed by atoms with van der Waals surface area (Å²) in [6, 6.07) is 23.7. The van der Waals surface area contributed by atoms with Crippen molar-refractivity contribution in [2.24, 2.45) is 10.2 Å². The second kappa shape index (κ2) is 5.74. The van der Waals surface area contributed by atoms with Crippen LogP contribution in [0.15, 0.2) is 82.3 Å². The highest BCUT2D eigenvalue weighted by molar-refractivity contribution is 7.10. The maximum atomic E-state index is 4.80. The molecule has 0 aliphatic carbocycles. The molecule has 3 aromatic rings. The van der Waals surface area contributed by atoms with Crippen molar-refractivity contribution in [2.45, 2.75) is 18.4 Å². The molecule has 2 nitrogen and oxygen atoms in total. The molecule has 3 heteroatoms. The number of nitrogens with zero attached hydrogens (tertiary/aromatic N) is 2. The zero-order valence-corrected chi connectivity index (χ0v) is 13.8. The van der Waals surface area contributed by atoms with Crippen molar-refractivity contribution in [3.8, 4) is 0 Å². The summed E-state index contributed by atoms with van der Waals surface area (Å²) in [4.78, 5) is 1.26. The summed E-state index contributed by atoms with van der Waals surface area (Å²) in [7, 11) is 0. The molecule has 1 aromatic heterocycles. The van der Waals surface area contributed by atoms with Crippen LogP contribution in [0, 0.1) is 6.92 Å². The molecule has 1 aliphatic rings. The Morgan fingerprint density at radius 1 is 0.957 bits per heavy atom. The van der Waals surface area contributed by atoms with Gasteiger partial charge in [0.05, 0.1) is 6.54 Å². The third kappa shape index (κ3) is 2.32. The first-order chi connectivity index (χ1) is 11.3. The van der Waals surface area contributed by atoms with Gasteiger partial charge in [-0.15, -0.1) is 11.3 Å². The molecule has 0 saturated carbocycles. The topological polar surface area (TPSA) is 24.7 Å². The molecule has 0 saturated heterocycles. The summed E-state index contributed by atoms with van der Waals surface area (Å²) in [5, 5.41) is 11.4. The van der Waals surface area contributed by atoms with Gasteiger partial charge in [0.15, 0.2) is 0 Å². The van der Waals surface area contributed by atoms with Gasteiger partial charge in [-0.25, -0.2) is 0 Å². The first-order valence-corrected chi connectivity index (χ1v) is 8.73. The van der Waals surface area contributed by atoms with E-state index in [1.165, 1.54) is 21.6 Å². The van der Waals surface area contributed by atoms with Crippen molar-refractivity contribution in [1.82, 2.24) is 0 Å². The van der Waals surface area contributed by atoms with Gasteiger partial charge in [-0.05, 0) is 29.5 Å². The SMILES string of the molecule is Cc1ccc(C2CN=NC2(c2ccccc2)c2cccs2)cc1. The van der Waals surface area contributed by atoms with Crippen molar-refractivity contribution >= 4 is 11.3 Å². The van der Waals surface area contributed by atoms with Gasteiger partial charge in [0.25, 0.3) is 0 Å². The molecule has 0 radical (unpaired) electrons. The maximum Gasteiger partial charge on any atom is 0.149 e. The van der Waals surface area contributed by atoms with E-state index in [1.54, 1.807) is 11.3 Å². The lowest BCUT2D eigenvalue weighted by Crippen LogP contribution is -2.30. The Morgan fingerprint density at radius 3 is 2.43 bits per heavy atom. The minimum Gasteiger partial charge on any atom is -0.192 e. The average molecular weight is 318 g/mol. The van der Waals surface area contributed by atoms with Crippen molar-refractivity contribution in [1.29, 1.82) is 0 Å². The quantitative estimate of drug-likeness (QED) is 0.605. The normalized spacial score (nSPS) is 23.3. The summed E-state index contributed by atoms with van der Waals surface area (Å²) in [6.07, 6.45) is 0. The predicted molar refractivity (Wildman–Crippen MR) is 95.2 cm³/mol. The molecular weight excluding hydrogens is 300 g/mol. The van der Waals surface area contributed by atoms with Crippen molar-refractivity contribution in [3.63, 3.8) is 0 Å². The molecule has 0 N–H and O–H groups in total. The maximum absolute atomic E-state index is 4.80. The first-order valence-electron chi connectivity index (χ1n) is 7.85. The average Bonchev–Trinajstić information content (AvgIpc) is 3.26. The molecule has 0 bridgehead atoms. The summed E-state index contributed by atoms with van der Waals surface area (Å²) >= 11 is 1.76. The first kappa shape index (κ1) is 14.3. The molecule has 0 spiro atoms. The number of rotatable bonds is 3. The van der Waals surface area contributed by atoms with Crippen LogP contribution >= 0.6 is 11.3 Å². The monoisotopic (exact) mass is 318 g/mol. The lowest BCUT2D eigenvalue weighted by molar-refractivity contribution is 0.489. The van der Waals surface area contributed by atoms with Gasteiger partial charge in [-0.2, -0.15) is 10.2 Å². The highest BCUT2D eigenvalue weighted by atomic mass is 32.1. The molecule has 0 fully saturated rings. The summed E-state index contributed by atoms with van der Waals surface area (Å²) in [5.74, 6) is 0.240. The Labute approximate surface area is 140 Å². The van der Waals surface area contributed by atoms with Crippen LogP contribution in [0.5, 0.6) is 0 Å². The van der Waals surface area contributed by atoms with Crippen molar-refractivity contribution < 1.29 is 0 Å². The lowest BCUT2D eigenvalue weighted by atomic mass is 9.75. The largest absolute Gasteiger partial charge is 0.192 e. The fourth-order valence-corrected chi connectivity index (χ4v) is 4.33. The van der Waals surface area contributed by atoms with Gasteiger partial charge in [0, 0.05) is 10.8 Å². The number of thiophene rings is 1. The number of hydrogen-bond donors (Lipinski definition) is 0. The molecule has 0 amide bonds. The van der Waals surface area contributed by atoms with E-state index < -0.39 is 5.54 Å². The van der Waals surface area contributed by atoms with Crippen LogP contribution in [0.2, 0.25) is 0 Å². The molecule has 2 heterocycles. The third-order valence-electron chi connectivity index (χ3n) is 4.59. The molecular formula is C20H18N2S. The minimum absolute atomic E-state index is 0.240. The number of azo groups is 1. The van der Waals surface area contributed by atoms with Crippen molar-refractivity contribution in [2.75, 3.05) is 6.54 Å². The van der Waals surface area contributed by atoms with E-state index in [4.69, 9.17) is 5.11 Å². The van der Waals surface area contributed by atoms with Crippen LogP contribution in [0.3, 0.4) is 0 Å². The number of benzene rings is 2. The van der Waals surface area contributed by atoms with Crippen molar-refractivity contribution in [3.05, 3.63) is 93.7 Å². The fraction of sp³-hybridized carbons (Fsp3) is 0.200. The van der Waals surface area contributed by atoms with Gasteiger partial charge in [0.1, 0.15) is 5.54 Å². The van der Waals surface area contributed by atoms with Gasteiger partial charge < -0.3 is 0 Å². The minimum atomic E-state index is -0.398. The van der Waals surface area contributed by atoms with Crippen LogP contribution in [0.4, 0.5) is 0 Å². The van der Waals surface area contributed by atoms with E-state index in [9.17, 15) is 0 Å². The van der Waals surface area contributed by atoms with E-state index in [0.717, 1.165) is 6.54 Å². The zero-order chi connectivity index (χ0) is 15.7. The zero-order valence-electron chi connectivity index (χ0n) is 13.0. The number of hydrogen-bond acceptors (Lipinski definition) is 3. The van der Waals surface area contributed by atoms with E-state index in [1.807, 2.05) is 0 Å². The Bertz CT molecular complexity index is 807. The van der Waals surface area contributed by atoms with Gasteiger partial charge in [-0.1, -0.05) is 66.2 Å². The van der Waals surface area contributed by atoms with Crippen LogP contribution < -0.4 is 0 Å². The predicted octanol–water partition coefficient (Wildman–Crippen LogP) is 5.55. The van der Waals surface area contributed by atoms with Gasteiger partial charge >= 0.3 is 0 Å². The standard InChI is InChI=1S/C20H18N2S/c1-15-9-11-16(12-10-15)18-14-21-22-20(18,19-8-5-13-23-19)17-6-3-2-4-7-17/h2-13,18H,14H2,1H3. The molecule has 2 aromatic carbocycles. The second-order valence-corrected chi connectivity index (χ2v) is 6.94. The Kier molecular flexibility index (Phi) is 3.58. The summed E-state index contributed by atoms with van der Waals surface area (Å²) in [5.41, 5.74) is 3.40. The van der Waals surface area contributed by atoms with Gasteiger partial charge in [-0.3, -0.25) is 0 Å². The van der Waals surface area contributed by atoms with E-state index in [-0.39, 0.29) is 5.92 Å². The fourth-order valence-electron chi connectivity index (χ4n) is 3.39. The third-order valence-corrected chi connectivity index (χ3v) is 5.58. The highest BCUT2D eigenvalue weighted by Crippen LogP contribution is 2.50. The van der Waals surface area contributed by atoms with E-state index in [2.05, 4.69) is 84.1 Å². The van der Waals surface area contributed by atoms with Gasteiger partial charge in [0.2, 0.25) is 0 Å². The molecule has 1 aliphatic heterocycles. The number of aryl methyl sites for hydroxylation is 1. The van der Waals surface area contributed by atoms with Crippen LogP contribution in [-0.4, -0.2) is 6.54 Å². The summed E-state index contributed by atoms with van der Waals surface area (Å²) in [6.45, 7) is 2.85. The molecule has 23 heavy (non-hydrogen) atoms.